The van der Waals surface area contributed by atoms with Crippen molar-refractivity contribution in [3.63, 3.8) is 0 Å². The Morgan fingerprint density at radius 2 is 1.54 bits per heavy atom. The number of likely N-dealkylation sites (tertiary alicyclic amines) is 1. The molecule has 2 amide bonds. The molecular weight excluding hydrogens is 356 g/mol. The molecular formula is C22H34N2O4. The molecule has 0 unspecified atom stereocenters. The van der Waals surface area contributed by atoms with E-state index in [9.17, 15) is 14.4 Å². The molecule has 5 aliphatic rings. The van der Waals surface area contributed by atoms with Gasteiger partial charge in [0.15, 0.2) is 0 Å². The number of esters is 1. The lowest BCUT2D eigenvalue weighted by Crippen LogP contribution is -2.56. The van der Waals surface area contributed by atoms with E-state index in [1.807, 2.05) is 0 Å². The Morgan fingerprint density at radius 1 is 0.964 bits per heavy atom. The lowest BCUT2D eigenvalue weighted by atomic mass is 9.49. The first-order valence-electron chi connectivity index (χ1n) is 11.2. The van der Waals surface area contributed by atoms with Gasteiger partial charge in [-0.3, -0.25) is 14.4 Å². The van der Waals surface area contributed by atoms with E-state index in [0.29, 0.717) is 12.5 Å². The number of nitrogens with zero attached hydrogens (tertiary/aromatic N) is 1. The van der Waals surface area contributed by atoms with E-state index in [-0.39, 0.29) is 36.2 Å². The summed E-state index contributed by atoms with van der Waals surface area (Å²) in [6, 6.07) is 0.107. The summed E-state index contributed by atoms with van der Waals surface area (Å²) in [5.41, 5.74) is -0.0650. The van der Waals surface area contributed by atoms with Gasteiger partial charge in [-0.1, -0.05) is 0 Å². The largest absolute Gasteiger partial charge is 0.466 e. The molecule has 0 atom stereocenters. The van der Waals surface area contributed by atoms with Crippen LogP contribution in [0, 0.1) is 23.2 Å². The Balaban J connectivity index is 1.24. The molecule has 156 valence electrons. The van der Waals surface area contributed by atoms with Crippen LogP contribution in [0.1, 0.15) is 71.1 Å². The van der Waals surface area contributed by atoms with E-state index in [0.717, 1.165) is 62.9 Å². The van der Waals surface area contributed by atoms with Gasteiger partial charge < -0.3 is 15.0 Å². The molecule has 0 spiro atoms. The topological polar surface area (TPSA) is 75.7 Å². The summed E-state index contributed by atoms with van der Waals surface area (Å²) in [4.78, 5) is 38.9. The van der Waals surface area contributed by atoms with Gasteiger partial charge in [-0.15, -0.1) is 0 Å². The predicted octanol–water partition coefficient (Wildman–Crippen LogP) is 2.65. The maximum atomic E-state index is 13.4. The van der Waals surface area contributed by atoms with E-state index in [4.69, 9.17) is 4.74 Å². The summed E-state index contributed by atoms with van der Waals surface area (Å²) >= 11 is 0. The molecule has 6 heteroatoms. The van der Waals surface area contributed by atoms with Crippen LogP contribution in [0.3, 0.4) is 0 Å². The van der Waals surface area contributed by atoms with E-state index < -0.39 is 0 Å². The maximum Gasteiger partial charge on any atom is 0.306 e. The fraction of sp³-hybridized carbons (Fsp3) is 0.864. The Hall–Kier alpha value is -1.59. The van der Waals surface area contributed by atoms with Crippen LogP contribution in [-0.2, 0) is 19.1 Å². The van der Waals surface area contributed by atoms with Crippen LogP contribution >= 0.6 is 0 Å². The third-order valence-electron chi connectivity index (χ3n) is 7.50. The second kappa shape index (κ2) is 8.03. The van der Waals surface area contributed by atoms with Gasteiger partial charge in [0.05, 0.1) is 18.4 Å². The number of nitrogens with one attached hydrogen (secondary N) is 1. The van der Waals surface area contributed by atoms with Crippen LogP contribution < -0.4 is 5.32 Å². The van der Waals surface area contributed by atoms with E-state index in [1.165, 1.54) is 19.3 Å². The first-order chi connectivity index (χ1) is 13.5. The van der Waals surface area contributed by atoms with Crippen molar-refractivity contribution in [1.29, 1.82) is 0 Å². The van der Waals surface area contributed by atoms with Crippen LogP contribution in [0.15, 0.2) is 0 Å². The Bertz CT molecular complexity index is 589. The van der Waals surface area contributed by atoms with E-state index in [2.05, 4.69) is 10.2 Å². The normalized spacial score (nSPS) is 34.3. The summed E-state index contributed by atoms with van der Waals surface area (Å²) in [5, 5.41) is 3.03. The maximum absolute atomic E-state index is 13.4. The molecule has 0 aromatic rings. The number of piperidine rings is 1. The molecule has 1 N–H and O–H groups in total. The summed E-state index contributed by atoms with van der Waals surface area (Å²) in [6.07, 6.45) is 9.32. The number of hydrogen-bond acceptors (Lipinski definition) is 4. The summed E-state index contributed by atoms with van der Waals surface area (Å²) in [5.74, 6) is 2.33. The van der Waals surface area contributed by atoms with E-state index >= 15 is 0 Å². The van der Waals surface area contributed by atoms with Crippen LogP contribution in [0.25, 0.3) is 0 Å². The quantitative estimate of drug-likeness (QED) is 0.708. The van der Waals surface area contributed by atoms with Gasteiger partial charge in [0.25, 0.3) is 0 Å². The minimum absolute atomic E-state index is 0.0650. The zero-order chi connectivity index (χ0) is 19.7. The van der Waals surface area contributed by atoms with Gasteiger partial charge in [0.1, 0.15) is 0 Å². The number of carbonyl (C=O) groups is 3. The van der Waals surface area contributed by atoms with Crippen molar-refractivity contribution < 1.29 is 19.1 Å². The third-order valence-corrected chi connectivity index (χ3v) is 7.50. The smallest absolute Gasteiger partial charge is 0.306 e. The second-order valence-electron chi connectivity index (χ2n) is 9.64. The van der Waals surface area contributed by atoms with Crippen molar-refractivity contribution >= 4 is 17.8 Å². The number of rotatable bonds is 6. The highest BCUT2D eigenvalue weighted by Gasteiger charge is 2.55. The Labute approximate surface area is 167 Å². The lowest BCUT2D eigenvalue weighted by Gasteiger charge is -2.57. The fourth-order valence-electron chi connectivity index (χ4n) is 6.68. The van der Waals surface area contributed by atoms with Gasteiger partial charge in [0.2, 0.25) is 11.8 Å². The van der Waals surface area contributed by atoms with Gasteiger partial charge in [-0.05, 0) is 76.0 Å². The van der Waals surface area contributed by atoms with Crippen LogP contribution in [0.5, 0.6) is 0 Å². The molecule has 1 saturated heterocycles. The summed E-state index contributed by atoms with van der Waals surface area (Å²) in [6.45, 7) is 3.58. The molecule has 0 aromatic heterocycles. The van der Waals surface area contributed by atoms with Crippen LogP contribution in [0.2, 0.25) is 0 Å². The van der Waals surface area contributed by atoms with E-state index in [1.54, 1.807) is 6.92 Å². The molecule has 5 rings (SSSR count). The van der Waals surface area contributed by atoms with Crippen molar-refractivity contribution in [3.05, 3.63) is 0 Å². The minimum atomic E-state index is -0.325. The predicted molar refractivity (Wildman–Crippen MR) is 104 cm³/mol. The molecule has 4 aliphatic carbocycles. The SMILES string of the molecule is CCOC(=O)CCC(=O)NC1CCN(C(=O)C23CC4CC(CC(C4)C2)C3)CC1. The average molecular weight is 391 g/mol. The van der Waals surface area contributed by atoms with Crippen molar-refractivity contribution in [2.24, 2.45) is 23.2 Å². The Morgan fingerprint density at radius 3 is 2.07 bits per heavy atom. The van der Waals surface area contributed by atoms with Crippen molar-refractivity contribution in [3.8, 4) is 0 Å². The molecule has 0 radical (unpaired) electrons. The fourth-order valence-corrected chi connectivity index (χ4v) is 6.68. The van der Waals surface area contributed by atoms with Crippen LogP contribution in [0.4, 0.5) is 0 Å². The Kier molecular flexibility index (Phi) is 5.66. The first-order valence-corrected chi connectivity index (χ1v) is 11.2. The molecule has 0 aromatic carbocycles. The number of carbonyl (C=O) groups excluding carboxylic acids is 3. The third kappa shape index (κ3) is 4.06. The van der Waals surface area contributed by atoms with Crippen molar-refractivity contribution in [2.45, 2.75) is 77.2 Å². The highest BCUT2D eigenvalue weighted by Crippen LogP contribution is 2.60. The van der Waals surface area contributed by atoms with Crippen LogP contribution in [-0.4, -0.2) is 48.4 Å². The van der Waals surface area contributed by atoms with Crippen molar-refractivity contribution in [2.75, 3.05) is 19.7 Å². The number of hydrogen-bond donors (Lipinski definition) is 1. The van der Waals surface area contributed by atoms with Crippen molar-refractivity contribution in [1.82, 2.24) is 10.2 Å². The van der Waals surface area contributed by atoms with Gasteiger partial charge in [-0.25, -0.2) is 0 Å². The molecule has 28 heavy (non-hydrogen) atoms. The second-order valence-corrected chi connectivity index (χ2v) is 9.64. The molecule has 1 heterocycles. The molecule has 4 bridgehead atoms. The highest BCUT2D eigenvalue weighted by molar-refractivity contribution is 5.84. The average Bonchev–Trinajstić information content (AvgIpc) is 2.66. The number of ether oxygens (including phenoxy) is 1. The zero-order valence-electron chi connectivity index (χ0n) is 17.1. The van der Waals surface area contributed by atoms with Gasteiger partial charge >= 0.3 is 5.97 Å². The lowest BCUT2D eigenvalue weighted by molar-refractivity contribution is -0.158. The molecule has 5 fully saturated rings. The van der Waals surface area contributed by atoms with Gasteiger partial charge in [0, 0.05) is 25.6 Å². The minimum Gasteiger partial charge on any atom is -0.466 e. The van der Waals surface area contributed by atoms with Gasteiger partial charge in [-0.2, -0.15) is 0 Å². The monoisotopic (exact) mass is 390 g/mol. The zero-order valence-corrected chi connectivity index (χ0v) is 17.1. The summed E-state index contributed by atoms with van der Waals surface area (Å²) in [7, 11) is 0. The first kappa shape index (κ1) is 19.7. The molecule has 6 nitrogen and oxygen atoms in total. The molecule has 1 aliphatic heterocycles. The highest BCUT2D eigenvalue weighted by atomic mass is 16.5. The summed E-state index contributed by atoms with van der Waals surface area (Å²) < 4.78 is 4.86. The molecule has 4 saturated carbocycles. The number of amides is 2. The standard InChI is InChI=1S/C22H34N2O4/c1-2-28-20(26)4-3-19(25)23-18-5-7-24(8-6-18)21(27)22-12-15-9-16(13-22)11-17(10-15)14-22/h15-18H,2-14H2,1H3,(H,23,25).